The Morgan fingerprint density at radius 1 is 1.06 bits per heavy atom. The van der Waals surface area contributed by atoms with E-state index in [0.29, 0.717) is 70.5 Å². The first-order valence-electron chi connectivity index (χ1n) is 15.3. The van der Waals surface area contributed by atoms with Crippen molar-refractivity contribution in [2.45, 2.75) is 26.3 Å². The predicted molar refractivity (Wildman–Crippen MR) is 178 cm³/mol. The van der Waals surface area contributed by atoms with Crippen LogP contribution in [-0.4, -0.2) is 52.6 Å². The van der Waals surface area contributed by atoms with Crippen LogP contribution in [-0.2, 0) is 25.4 Å². The highest BCUT2D eigenvalue weighted by Crippen LogP contribution is 2.42. The highest BCUT2D eigenvalue weighted by Gasteiger charge is 2.47. The maximum Gasteiger partial charge on any atom is 0.330 e. The van der Waals surface area contributed by atoms with Crippen molar-refractivity contribution in [3.63, 3.8) is 0 Å². The van der Waals surface area contributed by atoms with Gasteiger partial charge in [-0.15, -0.1) is 0 Å². The van der Waals surface area contributed by atoms with Crippen molar-refractivity contribution < 1.29 is 18.7 Å². The lowest BCUT2D eigenvalue weighted by Crippen LogP contribution is -2.40. The summed E-state index contributed by atoms with van der Waals surface area (Å²) in [5.41, 5.74) is 2.30. The van der Waals surface area contributed by atoms with Crippen molar-refractivity contribution in [3.8, 4) is 28.0 Å². The number of nitrogens with zero attached hydrogens (tertiary/aromatic N) is 3. The van der Waals surface area contributed by atoms with Crippen LogP contribution in [0.15, 0.2) is 64.3 Å². The van der Waals surface area contributed by atoms with Crippen molar-refractivity contribution in [2.24, 2.45) is 19.5 Å². The highest BCUT2D eigenvalue weighted by molar-refractivity contribution is 6.36. The average Bonchev–Trinajstić information content (AvgIpc) is 3.64. The number of nitrogens with one attached hydrogen (secondary N) is 2. The number of anilines is 1. The van der Waals surface area contributed by atoms with Crippen LogP contribution in [0.5, 0.6) is 5.75 Å². The molecule has 2 N–H and O–H groups in total. The normalized spacial score (nSPS) is 17.7. The number of benzene rings is 3. The minimum absolute atomic E-state index is 0.0792. The first-order valence-corrected chi connectivity index (χ1v) is 15.7. The number of methoxy groups -OCH3 is 1. The minimum Gasteiger partial charge on any atom is -0.496 e. The second-order valence-corrected chi connectivity index (χ2v) is 12.7. The third-order valence-electron chi connectivity index (χ3n) is 9.43. The number of hydrogen-bond donors (Lipinski definition) is 2. The lowest BCUT2D eigenvalue weighted by molar-refractivity contribution is -0.127. The van der Waals surface area contributed by atoms with Crippen LogP contribution >= 0.6 is 11.6 Å². The van der Waals surface area contributed by atoms with Gasteiger partial charge in [-0.25, -0.2) is 9.18 Å². The third-order valence-corrected chi connectivity index (χ3v) is 9.84. The summed E-state index contributed by atoms with van der Waals surface area (Å²) in [6.45, 7) is 4.10. The van der Waals surface area contributed by atoms with Crippen molar-refractivity contribution in [1.29, 1.82) is 0 Å². The molecule has 2 saturated heterocycles. The van der Waals surface area contributed by atoms with Gasteiger partial charge in [-0.05, 0) is 61.2 Å². The van der Waals surface area contributed by atoms with Gasteiger partial charge in [0.1, 0.15) is 17.1 Å². The van der Waals surface area contributed by atoms with E-state index >= 15 is 4.39 Å². The van der Waals surface area contributed by atoms with Gasteiger partial charge in [-0.2, -0.15) is 0 Å². The second kappa shape index (κ2) is 12.5. The molecule has 47 heavy (non-hydrogen) atoms. The number of carbonyl (C=O) groups is 2. The summed E-state index contributed by atoms with van der Waals surface area (Å²) < 4.78 is 23.5. The minimum atomic E-state index is -0.700. The van der Waals surface area contributed by atoms with Crippen LogP contribution in [0.1, 0.15) is 34.3 Å². The molecule has 1 unspecified atom stereocenters. The van der Waals surface area contributed by atoms with Crippen molar-refractivity contribution in [1.82, 2.24) is 19.4 Å². The molecule has 0 saturated carbocycles. The van der Waals surface area contributed by atoms with Gasteiger partial charge in [-0.1, -0.05) is 41.9 Å². The summed E-state index contributed by atoms with van der Waals surface area (Å²) in [4.78, 5) is 52.4. The van der Waals surface area contributed by atoms with E-state index in [0.717, 1.165) is 23.0 Å². The fraction of sp³-hybridized carbons (Fsp3) is 0.314. The molecule has 244 valence electrons. The van der Waals surface area contributed by atoms with Gasteiger partial charge in [0.15, 0.2) is 0 Å². The Bertz CT molecular complexity index is 2060. The van der Waals surface area contributed by atoms with Gasteiger partial charge in [0, 0.05) is 62.3 Å². The SMILES string of the molecule is COc1cc(-c2cccc(-c3cccc(NC(=O)c4cn(C)c(=O)n(C)c4=O)c3C)c2Cl)cc(F)c1CN1CCC2(CCNC2=O)C1. The largest absolute Gasteiger partial charge is 0.496 e. The summed E-state index contributed by atoms with van der Waals surface area (Å²) in [5.74, 6) is -0.609. The van der Waals surface area contributed by atoms with E-state index in [1.165, 1.54) is 38.0 Å². The van der Waals surface area contributed by atoms with Gasteiger partial charge in [0.2, 0.25) is 5.91 Å². The van der Waals surface area contributed by atoms with E-state index in [1.807, 2.05) is 25.1 Å². The number of halogens is 2. The quantitative estimate of drug-likeness (QED) is 0.302. The van der Waals surface area contributed by atoms with Crippen molar-refractivity contribution in [3.05, 3.63) is 103 Å². The summed E-state index contributed by atoms with van der Waals surface area (Å²) in [7, 11) is 4.29. The molecule has 3 heterocycles. The summed E-state index contributed by atoms with van der Waals surface area (Å²) in [5, 5.41) is 6.10. The average molecular weight is 660 g/mol. The van der Waals surface area contributed by atoms with Crippen LogP contribution in [0, 0.1) is 18.2 Å². The van der Waals surface area contributed by atoms with Gasteiger partial charge in [0.05, 0.1) is 17.5 Å². The number of carbonyl (C=O) groups excluding carboxylic acids is 2. The lowest BCUT2D eigenvalue weighted by Gasteiger charge is -2.22. The zero-order valence-corrected chi connectivity index (χ0v) is 27.3. The molecule has 0 aliphatic carbocycles. The van der Waals surface area contributed by atoms with Gasteiger partial charge in [-0.3, -0.25) is 23.9 Å². The van der Waals surface area contributed by atoms with Crippen LogP contribution < -0.4 is 26.6 Å². The highest BCUT2D eigenvalue weighted by atomic mass is 35.5. The molecule has 3 aromatic carbocycles. The molecule has 2 aliphatic heterocycles. The molecule has 0 radical (unpaired) electrons. The van der Waals surface area contributed by atoms with E-state index in [4.69, 9.17) is 16.3 Å². The molecule has 2 fully saturated rings. The Morgan fingerprint density at radius 3 is 2.51 bits per heavy atom. The van der Waals surface area contributed by atoms with Crippen LogP contribution in [0.4, 0.5) is 10.1 Å². The van der Waals surface area contributed by atoms with E-state index in [2.05, 4.69) is 15.5 Å². The number of hydrogen-bond acceptors (Lipinski definition) is 6. The van der Waals surface area contributed by atoms with E-state index in [9.17, 15) is 19.2 Å². The maximum atomic E-state index is 15.8. The zero-order valence-electron chi connectivity index (χ0n) is 26.6. The molecule has 2 amide bonds. The van der Waals surface area contributed by atoms with Crippen molar-refractivity contribution in [2.75, 3.05) is 32.1 Å². The van der Waals surface area contributed by atoms with Gasteiger partial charge >= 0.3 is 5.69 Å². The van der Waals surface area contributed by atoms with Gasteiger partial charge < -0.3 is 19.9 Å². The number of aryl methyl sites for hydroxylation is 1. The number of ether oxygens (including phenoxy) is 1. The molecule has 4 aromatic rings. The lowest BCUT2D eigenvalue weighted by atomic mass is 9.86. The first kappa shape index (κ1) is 32.2. The molecule has 2 aliphatic rings. The van der Waals surface area contributed by atoms with E-state index < -0.39 is 28.4 Å². The summed E-state index contributed by atoms with van der Waals surface area (Å²) in [6.07, 6.45) is 2.76. The molecule has 1 spiro atoms. The topological polar surface area (TPSA) is 115 Å². The first-order chi connectivity index (χ1) is 22.4. The summed E-state index contributed by atoms with van der Waals surface area (Å²) in [6, 6.07) is 14.0. The van der Waals surface area contributed by atoms with E-state index in [1.54, 1.807) is 24.3 Å². The smallest absolute Gasteiger partial charge is 0.330 e. The van der Waals surface area contributed by atoms with Crippen LogP contribution in [0.25, 0.3) is 22.3 Å². The zero-order chi connectivity index (χ0) is 33.6. The standard InChI is InChI=1S/C35H35ClFN5O5/c1-20-22(7-6-10-28(20)39-31(43)26-17-40(2)34(46)41(3)32(26)44)24-9-5-8-23(30(24)36)21-15-27(37)25(29(16-21)47-4)18-42-14-12-35(19-42)11-13-38-33(35)45/h5-10,15-17H,11-14,18-19H2,1-4H3,(H,38,45)(H,39,43). The number of aromatic nitrogens is 2. The number of rotatable bonds is 7. The molecule has 10 nitrogen and oxygen atoms in total. The fourth-order valence-electron chi connectivity index (χ4n) is 6.70. The molecule has 12 heteroatoms. The van der Waals surface area contributed by atoms with E-state index in [-0.39, 0.29) is 11.5 Å². The Kier molecular flexibility index (Phi) is 8.54. The molecule has 1 aromatic heterocycles. The number of amides is 2. The summed E-state index contributed by atoms with van der Waals surface area (Å²) >= 11 is 7.01. The Labute approximate surface area is 275 Å². The predicted octanol–water partition coefficient (Wildman–Crippen LogP) is 4.49. The maximum absolute atomic E-state index is 15.8. The van der Waals surface area contributed by atoms with Crippen molar-refractivity contribution >= 4 is 29.1 Å². The molecule has 1 atom stereocenters. The van der Waals surface area contributed by atoms with Crippen LogP contribution in [0.3, 0.4) is 0 Å². The molecular formula is C35H35ClFN5O5. The number of likely N-dealkylation sites (tertiary alicyclic amines) is 1. The monoisotopic (exact) mass is 659 g/mol. The Hall–Kier alpha value is -4.74. The molecule has 6 rings (SSSR count). The molecular weight excluding hydrogens is 625 g/mol. The third kappa shape index (κ3) is 5.74. The Balaban J connectivity index is 1.29. The van der Waals surface area contributed by atoms with Crippen LogP contribution in [0.2, 0.25) is 5.02 Å². The fourth-order valence-corrected chi connectivity index (χ4v) is 7.04. The molecule has 0 bridgehead atoms. The van der Waals surface area contributed by atoms with Gasteiger partial charge in [0.25, 0.3) is 11.5 Å². The Morgan fingerprint density at radius 2 is 1.79 bits per heavy atom. The second-order valence-electron chi connectivity index (χ2n) is 12.3.